The highest BCUT2D eigenvalue weighted by Crippen LogP contribution is 2.22. The number of aryl methyl sites for hydroxylation is 1. The zero-order chi connectivity index (χ0) is 17.4. The Morgan fingerprint density at radius 1 is 1.33 bits per heavy atom. The Labute approximate surface area is 139 Å². The molecular formula is C18H20FN3O2. The standard InChI is InChI=1S/C18H20FN3O2/c1-11(2)17-9-14(20-24-17)10-21(3)18(23)16-8-12-7-13(19)5-6-15(12)22(16)4/h5-9,11H,10H2,1-4H3. The molecule has 126 valence electrons. The van der Waals surface area contributed by atoms with Gasteiger partial charge in [0.1, 0.15) is 23.0 Å². The predicted molar refractivity (Wildman–Crippen MR) is 89.3 cm³/mol. The molecule has 0 saturated heterocycles. The van der Waals surface area contributed by atoms with Crippen LogP contribution in [-0.4, -0.2) is 27.6 Å². The summed E-state index contributed by atoms with van der Waals surface area (Å²) in [5.41, 5.74) is 2.03. The monoisotopic (exact) mass is 329 g/mol. The predicted octanol–water partition coefficient (Wildman–Crippen LogP) is 3.70. The minimum atomic E-state index is -0.315. The van der Waals surface area contributed by atoms with Crippen molar-refractivity contribution in [1.29, 1.82) is 0 Å². The molecule has 0 aliphatic rings. The summed E-state index contributed by atoms with van der Waals surface area (Å²) < 4.78 is 20.4. The number of benzene rings is 1. The summed E-state index contributed by atoms with van der Waals surface area (Å²) in [6.07, 6.45) is 0. The summed E-state index contributed by atoms with van der Waals surface area (Å²) in [5.74, 6) is 0.582. The normalized spacial score (nSPS) is 11.4. The van der Waals surface area contributed by atoms with E-state index in [1.807, 2.05) is 19.9 Å². The molecule has 0 aliphatic carbocycles. The van der Waals surface area contributed by atoms with Gasteiger partial charge in [-0.3, -0.25) is 4.79 Å². The maximum atomic E-state index is 13.4. The average Bonchev–Trinajstić information content (AvgIpc) is 3.11. The van der Waals surface area contributed by atoms with Gasteiger partial charge in [0, 0.05) is 37.0 Å². The van der Waals surface area contributed by atoms with Gasteiger partial charge in [-0.15, -0.1) is 0 Å². The molecule has 1 amide bonds. The fraction of sp³-hybridized carbons (Fsp3) is 0.333. The fourth-order valence-electron chi connectivity index (χ4n) is 2.71. The number of fused-ring (bicyclic) bond motifs is 1. The van der Waals surface area contributed by atoms with Gasteiger partial charge in [0.2, 0.25) is 0 Å². The fourth-order valence-corrected chi connectivity index (χ4v) is 2.71. The van der Waals surface area contributed by atoms with Gasteiger partial charge in [-0.05, 0) is 24.3 Å². The Balaban J connectivity index is 1.83. The Morgan fingerprint density at radius 2 is 2.08 bits per heavy atom. The first-order chi connectivity index (χ1) is 11.4. The first-order valence-corrected chi connectivity index (χ1v) is 7.82. The van der Waals surface area contributed by atoms with Crippen molar-refractivity contribution in [3.63, 3.8) is 0 Å². The van der Waals surface area contributed by atoms with Crippen LogP contribution in [0.5, 0.6) is 0 Å². The number of rotatable bonds is 4. The summed E-state index contributed by atoms with van der Waals surface area (Å²) >= 11 is 0. The van der Waals surface area contributed by atoms with E-state index in [1.165, 1.54) is 12.1 Å². The zero-order valence-corrected chi connectivity index (χ0v) is 14.2. The van der Waals surface area contributed by atoms with Crippen LogP contribution < -0.4 is 0 Å². The SMILES string of the molecule is CC(C)c1cc(CN(C)C(=O)c2cc3cc(F)ccc3n2C)no1. The van der Waals surface area contributed by atoms with Gasteiger partial charge in [-0.1, -0.05) is 19.0 Å². The number of halogens is 1. The summed E-state index contributed by atoms with van der Waals surface area (Å²) in [7, 11) is 3.51. The lowest BCUT2D eigenvalue weighted by atomic mass is 10.1. The second-order valence-electron chi connectivity index (χ2n) is 6.33. The number of hydrogen-bond acceptors (Lipinski definition) is 3. The van der Waals surface area contributed by atoms with Crippen LogP contribution in [0.2, 0.25) is 0 Å². The van der Waals surface area contributed by atoms with Gasteiger partial charge in [0.15, 0.2) is 0 Å². The molecule has 3 aromatic rings. The van der Waals surface area contributed by atoms with Gasteiger partial charge in [-0.25, -0.2) is 4.39 Å². The molecule has 0 atom stereocenters. The van der Waals surface area contributed by atoms with Crippen molar-refractivity contribution in [2.24, 2.45) is 7.05 Å². The van der Waals surface area contributed by atoms with Crippen molar-refractivity contribution >= 4 is 16.8 Å². The van der Waals surface area contributed by atoms with E-state index in [4.69, 9.17) is 4.52 Å². The Hall–Kier alpha value is -2.63. The molecule has 0 unspecified atom stereocenters. The van der Waals surface area contributed by atoms with E-state index in [-0.39, 0.29) is 17.6 Å². The van der Waals surface area contributed by atoms with Crippen LogP contribution in [0.3, 0.4) is 0 Å². The second-order valence-corrected chi connectivity index (χ2v) is 6.33. The molecule has 6 heteroatoms. The molecule has 5 nitrogen and oxygen atoms in total. The van der Waals surface area contributed by atoms with Crippen LogP contribution in [0.25, 0.3) is 10.9 Å². The van der Waals surface area contributed by atoms with Crippen molar-refractivity contribution in [2.75, 3.05) is 7.05 Å². The smallest absolute Gasteiger partial charge is 0.270 e. The molecule has 0 aliphatic heterocycles. The van der Waals surface area contributed by atoms with Crippen LogP contribution in [0.1, 0.15) is 41.7 Å². The van der Waals surface area contributed by atoms with Gasteiger partial charge >= 0.3 is 0 Å². The van der Waals surface area contributed by atoms with E-state index >= 15 is 0 Å². The third-order valence-electron chi connectivity index (χ3n) is 4.12. The van der Waals surface area contributed by atoms with Crippen molar-refractivity contribution in [2.45, 2.75) is 26.3 Å². The highest BCUT2D eigenvalue weighted by atomic mass is 19.1. The number of carbonyl (C=O) groups is 1. The summed E-state index contributed by atoms with van der Waals surface area (Å²) in [4.78, 5) is 14.3. The molecule has 0 bridgehead atoms. The minimum absolute atomic E-state index is 0.150. The summed E-state index contributed by atoms with van der Waals surface area (Å²) in [6.45, 7) is 4.40. The molecule has 0 saturated carbocycles. The van der Waals surface area contributed by atoms with Crippen molar-refractivity contribution in [3.8, 4) is 0 Å². The number of carbonyl (C=O) groups excluding carboxylic acids is 1. The molecule has 2 heterocycles. The maximum absolute atomic E-state index is 13.4. The largest absolute Gasteiger partial charge is 0.361 e. The van der Waals surface area contributed by atoms with Gasteiger partial charge in [0.25, 0.3) is 5.91 Å². The third kappa shape index (κ3) is 2.91. The summed E-state index contributed by atoms with van der Waals surface area (Å²) in [6, 6.07) is 8.07. The molecule has 0 N–H and O–H groups in total. The van der Waals surface area contributed by atoms with E-state index in [0.29, 0.717) is 23.3 Å². The molecule has 24 heavy (non-hydrogen) atoms. The third-order valence-corrected chi connectivity index (χ3v) is 4.12. The van der Waals surface area contributed by atoms with Gasteiger partial charge < -0.3 is 14.0 Å². The second kappa shape index (κ2) is 6.11. The van der Waals surface area contributed by atoms with Gasteiger partial charge in [0.05, 0.1) is 6.54 Å². The van der Waals surface area contributed by atoms with Crippen LogP contribution in [0, 0.1) is 5.82 Å². The van der Waals surface area contributed by atoms with E-state index in [0.717, 1.165) is 11.3 Å². The number of hydrogen-bond donors (Lipinski definition) is 0. The number of amides is 1. The maximum Gasteiger partial charge on any atom is 0.270 e. The summed E-state index contributed by atoms with van der Waals surface area (Å²) in [5, 5.41) is 4.71. The lowest BCUT2D eigenvalue weighted by molar-refractivity contribution is 0.0773. The van der Waals surface area contributed by atoms with Gasteiger partial charge in [-0.2, -0.15) is 0 Å². The van der Waals surface area contributed by atoms with Crippen LogP contribution in [0.4, 0.5) is 4.39 Å². The van der Waals surface area contributed by atoms with Crippen molar-refractivity contribution in [3.05, 3.63) is 53.3 Å². The lowest BCUT2D eigenvalue weighted by Gasteiger charge is -2.16. The quantitative estimate of drug-likeness (QED) is 0.733. The molecule has 3 rings (SSSR count). The Bertz CT molecular complexity index is 895. The Morgan fingerprint density at radius 3 is 2.75 bits per heavy atom. The van der Waals surface area contributed by atoms with E-state index in [2.05, 4.69) is 5.16 Å². The van der Waals surface area contributed by atoms with E-state index in [9.17, 15) is 9.18 Å². The van der Waals surface area contributed by atoms with Crippen LogP contribution in [-0.2, 0) is 13.6 Å². The first-order valence-electron chi connectivity index (χ1n) is 7.82. The topological polar surface area (TPSA) is 51.3 Å². The van der Waals surface area contributed by atoms with E-state index < -0.39 is 0 Å². The molecule has 1 aromatic carbocycles. The number of nitrogens with zero attached hydrogens (tertiary/aromatic N) is 3. The number of aromatic nitrogens is 2. The highest BCUT2D eigenvalue weighted by molar-refractivity contribution is 5.98. The molecule has 0 radical (unpaired) electrons. The average molecular weight is 329 g/mol. The molecule has 0 spiro atoms. The zero-order valence-electron chi connectivity index (χ0n) is 14.2. The molecule has 0 fully saturated rings. The lowest BCUT2D eigenvalue weighted by Crippen LogP contribution is -2.27. The van der Waals surface area contributed by atoms with Crippen LogP contribution in [0.15, 0.2) is 34.9 Å². The van der Waals surface area contributed by atoms with Crippen LogP contribution >= 0.6 is 0 Å². The molecule has 2 aromatic heterocycles. The highest BCUT2D eigenvalue weighted by Gasteiger charge is 2.19. The minimum Gasteiger partial charge on any atom is -0.361 e. The van der Waals surface area contributed by atoms with Crippen molar-refractivity contribution < 1.29 is 13.7 Å². The first kappa shape index (κ1) is 16.2. The van der Waals surface area contributed by atoms with E-state index in [1.54, 1.807) is 35.7 Å². The Kier molecular flexibility index (Phi) is 4.13. The van der Waals surface area contributed by atoms with Crippen molar-refractivity contribution in [1.82, 2.24) is 14.6 Å². The molecular weight excluding hydrogens is 309 g/mol.